The average molecular weight is 369 g/mol. The molecule has 0 bridgehead atoms. The number of carbonyl (C=O) groups is 1. The Bertz CT molecular complexity index is 650. The summed E-state index contributed by atoms with van der Waals surface area (Å²) in [6.45, 7) is 2.30. The Morgan fingerprint density at radius 1 is 1.26 bits per heavy atom. The highest BCUT2D eigenvalue weighted by Crippen LogP contribution is 2.27. The molecule has 1 aromatic rings. The lowest BCUT2D eigenvalue weighted by Crippen LogP contribution is -2.60. The molecular formula is C22H32N4O. The number of hydrogen-bond acceptors (Lipinski definition) is 4. The normalized spacial score (nSPS) is 25.5. The zero-order valence-corrected chi connectivity index (χ0v) is 16.2. The van der Waals surface area contributed by atoms with E-state index in [1.54, 1.807) is 0 Å². The molecule has 5 nitrogen and oxygen atoms in total. The van der Waals surface area contributed by atoms with Crippen molar-refractivity contribution in [1.29, 1.82) is 5.26 Å². The van der Waals surface area contributed by atoms with E-state index < -0.39 is 11.6 Å². The first kappa shape index (κ1) is 19.9. The predicted octanol–water partition coefficient (Wildman–Crippen LogP) is 2.96. The van der Waals surface area contributed by atoms with Gasteiger partial charge in [-0.3, -0.25) is 9.69 Å². The molecule has 0 radical (unpaired) electrons. The number of piperidine rings is 1. The highest BCUT2D eigenvalue weighted by Gasteiger charge is 2.38. The zero-order chi connectivity index (χ0) is 19.1. The van der Waals surface area contributed by atoms with Crippen LogP contribution in [0.25, 0.3) is 0 Å². The molecule has 2 aliphatic rings. The van der Waals surface area contributed by atoms with E-state index in [4.69, 9.17) is 5.73 Å². The summed E-state index contributed by atoms with van der Waals surface area (Å²) in [4.78, 5) is 15.0. The smallest absolute Gasteiger partial charge is 0.238 e. The summed E-state index contributed by atoms with van der Waals surface area (Å²) in [6.07, 6.45) is 8.47. The van der Waals surface area contributed by atoms with E-state index in [0.717, 1.165) is 25.9 Å². The zero-order valence-electron chi connectivity index (χ0n) is 16.2. The third-order valence-corrected chi connectivity index (χ3v) is 6.05. The fraction of sp³-hybridized carbons (Fsp3) is 0.636. The van der Waals surface area contributed by atoms with Crippen LogP contribution in [0.2, 0.25) is 0 Å². The lowest BCUT2D eigenvalue weighted by atomic mass is 9.84. The Kier molecular flexibility index (Phi) is 6.87. The largest absolute Gasteiger partial charge is 0.335 e. The van der Waals surface area contributed by atoms with Crippen LogP contribution in [0.15, 0.2) is 30.3 Å². The molecule has 1 saturated heterocycles. The van der Waals surface area contributed by atoms with E-state index in [2.05, 4.69) is 28.4 Å². The third-order valence-electron chi connectivity index (χ3n) is 6.05. The molecule has 2 unspecified atom stereocenters. The maximum absolute atomic E-state index is 12.7. The second kappa shape index (κ2) is 9.34. The summed E-state index contributed by atoms with van der Waals surface area (Å²) in [6, 6.07) is 12.1. The maximum Gasteiger partial charge on any atom is 0.238 e. The van der Waals surface area contributed by atoms with Crippen LogP contribution in [-0.2, 0) is 11.3 Å². The number of amides is 1. The SMILES string of the molecule is N#CC1(NC(=O)C(N)CC2CCCCC2)CCCN(Cc2ccccc2)C1. The van der Waals surface area contributed by atoms with Crippen LogP contribution in [-0.4, -0.2) is 35.5 Å². The quantitative estimate of drug-likeness (QED) is 0.809. The molecule has 146 valence electrons. The third kappa shape index (κ3) is 5.54. The van der Waals surface area contributed by atoms with Crippen molar-refractivity contribution < 1.29 is 4.79 Å². The number of nitrogens with zero attached hydrogens (tertiary/aromatic N) is 2. The number of nitrogens with one attached hydrogen (secondary N) is 1. The fourth-order valence-corrected chi connectivity index (χ4v) is 4.56. The minimum atomic E-state index is -0.825. The van der Waals surface area contributed by atoms with Crippen molar-refractivity contribution in [3.8, 4) is 6.07 Å². The van der Waals surface area contributed by atoms with Crippen molar-refractivity contribution in [2.45, 2.75) is 69.5 Å². The molecule has 1 amide bonds. The van der Waals surface area contributed by atoms with Gasteiger partial charge in [-0.25, -0.2) is 0 Å². The topological polar surface area (TPSA) is 82.1 Å². The van der Waals surface area contributed by atoms with Gasteiger partial charge in [-0.05, 0) is 37.3 Å². The van der Waals surface area contributed by atoms with Gasteiger partial charge < -0.3 is 11.1 Å². The van der Waals surface area contributed by atoms with Gasteiger partial charge in [0.05, 0.1) is 12.1 Å². The van der Waals surface area contributed by atoms with Crippen molar-refractivity contribution in [2.75, 3.05) is 13.1 Å². The molecule has 1 aliphatic heterocycles. The second-order valence-electron chi connectivity index (χ2n) is 8.33. The molecular weight excluding hydrogens is 336 g/mol. The first-order valence-corrected chi connectivity index (χ1v) is 10.4. The van der Waals surface area contributed by atoms with Crippen LogP contribution in [0.5, 0.6) is 0 Å². The van der Waals surface area contributed by atoms with Gasteiger partial charge in [0, 0.05) is 13.1 Å². The molecule has 1 aromatic carbocycles. The van der Waals surface area contributed by atoms with Crippen LogP contribution in [0.3, 0.4) is 0 Å². The van der Waals surface area contributed by atoms with E-state index in [1.165, 1.54) is 37.7 Å². The number of nitrogens with two attached hydrogens (primary N) is 1. The molecule has 0 spiro atoms. The van der Waals surface area contributed by atoms with Gasteiger partial charge in [0.2, 0.25) is 5.91 Å². The van der Waals surface area contributed by atoms with E-state index >= 15 is 0 Å². The van der Waals surface area contributed by atoms with Crippen LogP contribution < -0.4 is 11.1 Å². The van der Waals surface area contributed by atoms with Gasteiger partial charge in [-0.2, -0.15) is 5.26 Å². The van der Waals surface area contributed by atoms with Crippen molar-refractivity contribution in [3.05, 3.63) is 35.9 Å². The molecule has 0 aromatic heterocycles. The minimum Gasteiger partial charge on any atom is -0.335 e. The molecule has 1 heterocycles. The van der Waals surface area contributed by atoms with Gasteiger partial charge in [0.25, 0.3) is 0 Å². The van der Waals surface area contributed by atoms with Crippen LogP contribution in [0.4, 0.5) is 0 Å². The van der Waals surface area contributed by atoms with Crippen molar-refractivity contribution in [3.63, 3.8) is 0 Å². The van der Waals surface area contributed by atoms with Crippen LogP contribution in [0, 0.1) is 17.2 Å². The second-order valence-corrected chi connectivity index (χ2v) is 8.33. The molecule has 3 rings (SSSR count). The molecule has 2 fully saturated rings. The number of likely N-dealkylation sites (tertiary alicyclic amines) is 1. The Morgan fingerprint density at radius 2 is 2.00 bits per heavy atom. The highest BCUT2D eigenvalue weighted by molar-refractivity contribution is 5.82. The minimum absolute atomic E-state index is 0.163. The fourth-order valence-electron chi connectivity index (χ4n) is 4.56. The summed E-state index contributed by atoms with van der Waals surface area (Å²) in [7, 11) is 0. The Balaban J connectivity index is 1.57. The summed E-state index contributed by atoms with van der Waals surface area (Å²) in [5.41, 5.74) is 6.61. The van der Waals surface area contributed by atoms with Crippen LogP contribution in [0.1, 0.15) is 56.9 Å². The summed E-state index contributed by atoms with van der Waals surface area (Å²) in [5.74, 6) is 0.391. The van der Waals surface area contributed by atoms with E-state index in [0.29, 0.717) is 18.9 Å². The molecule has 1 saturated carbocycles. The monoisotopic (exact) mass is 368 g/mol. The lowest BCUT2D eigenvalue weighted by Gasteiger charge is -2.39. The molecule has 2 atom stereocenters. The van der Waals surface area contributed by atoms with E-state index in [-0.39, 0.29) is 5.91 Å². The van der Waals surface area contributed by atoms with Gasteiger partial charge in [0.1, 0.15) is 5.54 Å². The summed E-state index contributed by atoms with van der Waals surface area (Å²) < 4.78 is 0. The predicted molar refractivity (Wildman–Crippen MR) is 107 cm³/mol. The lowest BCUT2D eigenvalue weighted by molar-refractivity contribution is -0.124. The van der Waals surface area contributed by atoms with Gasteiger partial charge >= 0.3 is 0 Å². The molecule has 1 aliphatic carbocycles. The van der Waals surface area contributed by atoms with Crippen LogP contribution >= 0.6 is 0 Å². The summed E-state index contributed by atoms with van der Waals surface area (Å²) >= 11 is 0. The number of hydrogen-bond donors (Lipinski definition) is 2. The van der Waals surface area contributed by atoms with Crippen molar-refractivity contribution >= 4 is 5.91 Å². The van der Waals surface area contributed by atoms with E-state index in [1.807, 2.05) is 18.2 Å². The first-order chi connectivity index (χ1) is 13.1. The summed E-state index contributed by atoms with van der Waals surface area (Å²) in [5, 5.41) is 12.9. The van der Waals surface area contributed by atoms with Gasteiger partial charge in [-0.15, -0.1) is 0 Å². The molecule has 27 heavy (non-hydrogen) atoms. The molecule has 5 heteroatoms. The van der Waals surface area contributed by atoms with Gasteiger partial charge in [0.15, 0.2) is 0 Å². The van der Waals surface area contributed by atoms with Gasteiger partial charge in [-0.1, -0.05) is 62.4 Å². The van der Waals surface area contributed by atoms with E-state index in [9.17, 15) is 10.1 Å². The number of carbonyl (C=O) groups excluding carboxylic acids is 1. The number of rotatable bonds is 6. The average Bonchev–Trinajstić information content (AvgIpc) is 2.70. The Hall–Kier alpha value is -1.90. The first-order valence-electron chi connectivity index (χ1n) is 10.4. The number of nitriles is 1. The Morgan fingerprint density at radius 3 is 2.70 bits per heavy atom. The molecule has 3 N–H and O–H groups in total. The van der Waals surface area contributed by atoms with Crippen molar-refractivity contribution in [1.82, 2.24) is 10.2 Å². The number of benzene rings is 1. The highest BCUT2D eigenvalue weighted by atomic mass is 16.2. The van der Waals surface area contributed by atoms with Crippen molar-refractivity contribution in [2.24, 2.45) is 11.7 Å². The standard InChI is InChI=1S/C22H32N4O/c23-16-22(25-21(27)20(24)14-18-8-3-1-4-9-18)12-7-13-26(17-22)15-19-10-5-2-6-11-19/h2,5-6,10-11,18,20H,1,3-4,7-9,12-15,17,24H2,(H,25,27). The Labute approximate surface area is 162 Å². The maximum atomic E-state index is 12.7.